The van der Waals surface area contributed by atoms with Crippen molar-refractivity contribution >= 4 is 0 Å². The molecule has 86 valence electrons. The van der Waals surface area contributed by atoms with E-state index in [2.05, 4.69) is 0 Å². The molecule has 0 heterocycles. The summed E-state index contributed by atoms with van der Waals surface area (Å²) in [5, 5.41) is 18.3. The smallest absolute Gasteiger partial charge is 0.0854 e. The zero-order chi connectivity index (χ0) is 11.2. The first-order valence-corrected chi connectivity index (χ1v) is 4.86. The molecule has 0 aliphatic rings. The average Bonchev–Trinajstić information content (AvgIpc) is 2.14. The number of rotatable bonds is 7. The Kier molecular flexibility index (Phi) is 6.27. The van der Waals surface area contributed by atoms with Crippen molar-refractivity contribution in [3.63, 3.8) is 0 Å². The van der Waals surface area contributed by atoms with E-state index in [1.807, 2.05) is 6.92 Å². The zero-order valence-electron chi connectivity index (χ0n) is 9.49. The minimum atomic E-state index is -0.534. The van der Waals surface area contributed by atoms with E-state index in [0.29, 0.717) is 12.8 Å². The molecule has 0 aromatic heterocycles. The van der Waals surface area contributed by atoms with Crippen LogP contribution in [0.5, 0.6) is 0 Å². The summed E-state index contributed by atoms with van der Waals surface area (Å²) in [5.74, 6) is 0. The third-order valence-corrected chi connectivity index (χ3v) is 2.61. The van der Waals surface area contributed by atoms with Gasteiger partial charge in [-0.2, -0.15) is 0 Å². The van der Waals surface area contributed by atoms with Gasteiger partial charge in [0.15, 0.2) is 0 Å². The van der Waals surface area contributed by atoms with Gasteiger partial charge in [0.1, 0.15) is 0 Å². The molecule has 0 radical (unpaired) electrons. The number of aliphatic hydroxyl groups is 2. The number of hydrogen-bond acceptors (Lipinski definition) is 4. The number of aliphatic hydroxyl groups excluding tert-OH is 2. The number of hydrogen-bond donors (Lipinski definition) is 2. The molecule has 2 N–H and O–H groups in total. The normalized spacial score (nSPS) is 20.1. The first-order chi connectivity index (χ1) is 6.49. The van der Waals surface area contributed by atoms with Crippen LogP contribution in [-0.2, 0) is 9.47 Å². The van der Waals surface area contributed by atoms with Crippen LogP contribution in [0.3, 0.4) is 0 Å². The van der Waals surface area contributed by atoms with Crippen LogP contribution < -0.4 is 0 Å². The van der Waals surface area contributed by atoms with Crippen molar-refractivity contribution in [3.05, 3.63) is 0 Å². The van der Waals surface area contributed by atoms with Crippen LogP contribution in [0, 0.1) is 0 Å². The summed E-state index contributed by atoms with van der Waals surface area (Å²) in [7, 11) is 3.16. The molecule has 0 rings (SSSR count). The summed E-state index contributed by atoms with van der Waals surface area (Å²) in [6.07, 6.45) is 0.313. The van der Waals surface area contributed by atoms with Crippen LogP contribution in [-0.4, -0.2) is 48.8 Å². The zero-order valence-corrected chi connectivity index (χ0v) is 9.49. The van der Waals surface area contributed by atoms with Crippen LogP contribution in [0.2, 0.25) is 0 Å². The van der Waals surface area contributed by atoms with Crippen molar-refractivity contribution in [2.24, 2.45) is 0 Å². The Morgan fingerprint density at radius 2 is 1.93 bits per heavy atom. The fourth-order valence-corrected chi connectivity index (χ4v) is 1.40. The summed E-state index contributed by atoms with van der Waals surface area (Å²) >= 11 is 0. The molecule has 4 nitrogen and oxygen atoms in total. The SMILES string of the molecule is COC(CC(C)(CCO)OC)C(C)O. The lowest BCUT2D eigenvalue weighted by atomic mass is 9.93. The van der Waals surface area contributed by atoms with E-state index in [4.69, 9.17) is 14.6 Å². The van der Waals surface area contributed by atoms with E-state index in [9.17, 15) is 5.11 Å². The van der Waals surface area contributed by atoms with Gasteiger partial charge in [-0.25, -0.2) is 0 Å². The van der Waals surface area contributed by atoms with E-state index in [1.54, 1.807) is 21.1 Å². The van der Waals surface area contributed by atoms with Crippen LogP contribution in [0.1, 0.15) is 26.7 Å². The number of ether oxygens (including phenoxy) is 2. The average molecular weight is 206 g/mol. The summed E-state index contributed by atoms with van der Waals surface area (Å²) in [6, 6.07) is 0. The van der Waals surface area contributed by atoms with E-state index in [0.717, 1.165) is 0 Å². The molecule has 4 heteroatoms. The van der Waals surface area contributed by atoms with E-state index >= 15 is 0 Å². The molecule has 0 fully saturated rings. The van der Waals surface area contributed by atoms with Gasteiger partial charge in [-0.1, -0.05) is 0 Å². The molecule has 0 aromatic carbocycles. The Hall–Kier alpha value is -0.160. The third-order valence-electron chi connectivity index (χ3n) is 2.61. The highest BCUT2D eigenvalue weighted by molar-refractivity contribution is 4.81. The fraction of sp³-hybridized carbons (Fsp3) is 1.00. The lowest BCUT2D eigenvalue weighted by Gasteiger charge is -2.32. The maximum atomic E-state index is 9.40. The fourth-order valence-electron chi connectivity index (χ4n) is 1.40. The minimum absolute atomic E-state index is 0.0700. The predicted octanol–water partition coefficient (Wildman–Crippen LogP) is 0.560. The van der Waals surface area contributed by atoms with Gasteiger partial charge in [-0.05, 0) is 20.3 Å². The molecule has 0 aliphatic heterocycles. The quantitative estimate of drug-likeness (QED) is 0.639. The van der Waals surface area contributed by atoms with Crippen molar-refractivity contribution in [2.45, 2.75) is 44.5 Å². The maximum Gasteiger partial charge on any atom is 0.0854 e. The van der Waals surface area contributed by atoms with Gasteiger partial charge in [0.25, 0.3) is 0 Å². The minimum Gasteiger partial charge on any atom is -0.396 e. The Balaban J connectivity index is 4.26. The molecule has 0 amide bonds. The first kappa shape index (κ1) is 13.8. The molecule has 3 unspecified atom stereocenters. The monoisotopic (exact) mass is 206 g/mol. The summed E-state index contributed by atoms with van der Waals surface area (Å²) in [5.41, 5.74) is -0.438. The van der Waals surface area contributed by atoms with Crippen molar-refractivity contribution in [1.82, 2.24) is 0 Å². The summed E-state index contributed by atoms with van der Waals surface area (Å²) in [4.78, 5) is 0. The van der Waals surface area contributed by atoms with Crippen molar-refractivity contribution in [1.29, 1.82) is 0 Å². The lowest BCUT2D eigenvalue weighted by molar-refractivity contribution is -0.0847. The van der Waals surface area contributed by atoms with Crippen LogP contribution in [0.4, 0.5) is 0 Å². The maximum absolute atomic E-state index is 9.40. The third kappa shape index (κ3) is 4.37. The molecular weight excluding hydrogens is 184 g/mol. The van der Waals surface area contributed by atoms with Gasteiger partial charge < -0.3 is 19.7 Å². The van der Waals surface area contributed by atoms with Gasteiger partial charge in [0.05, 0.1) is 17.8 Å². The van der Waals surface area contributed by atoms with Crippen molar-refractivity contribution < 1.29 is 19.7 Å². The van der Waals surface area contributed by atoms with Gasteiger partial charge in [0, 0.05) is 27.2 Å². The molecule has 14 heavy (non-hydrogen) atoms. The molecule has 3 atom stereocenters. The highest BCUT2D eigenvalue weighted by Crippen LogP contribution is 2.23. The van der Waals surface area contributed by atoms with Crippen molar-refractivity contribution in [2.75, 3.05) is 20.8 Å². The topological polar surface area (TPSA) is 58.9 Å². The molecule has 0 aromatic rings. The van der Waals surface area contributed by atoms with Crippen LogP contribution in [0.25, 0.3) is 0 Å². The van der Waals surface area contributed by atoms with Gasteiger partial charge >= 0.3 is 0 Å². The molecule has 0 aliphatic carbocycles. The Morgan fingerprint density at radius 1 is 1.36 bits per heavy atom. The second-order valence-electron chi connectivity index (χ2n) is 3.85. The van der Waals surface area contributed by atoms with E-state index < -0.39 is 11.7 Å². The molecular formula is C10H22O4. The van der Waals surface area contributed by atoms with Gasteiger partial charge in [-0.15, -0.1) is 0 Å². The Morgan fingerprint density at radius 3 is 2.21 bits per heavy atom. The predicted molar refractivity (Wildman–Crippen MR) is 54.2 cm³/mol. The standard InChI is InChI=1S/C10H22O4/c1-8(12)9(13-3)7-10(2,14-4)5-6-11/h8-9,11-12H,5-7H2,1-4H3. The summed E-state index contributed by atoms with van der Waals surface area (Å²) < 4.78 is 10.5. The molecule has 0 saturated heterocycles. The van der Waals surface area contributed by atoms with Crippen LogP contribution in [0.15, 0.2) is 0 Å². The molecule has 0 saturated carbocycles. The van der Waals surface area contributed by atoms with E-state index in [-0.39, 0.29) is 12.7 Å². The summed E-state index contributed by atoms with van der Waals surface area (Å²) in [6.45, 7) is 3.65. The molecule has 0 spiro atoms. The molecule has 0 bridgehead atoms. The van der Waals surface area contributed by atoms with Crippen LogP contribution >= 0.6 is 0 Å². The van der Waals surface area contributed by atoms with E-state index in [1.165, 1.54) is 0 Å². The second-order valence-corrected chi connectivity index (χ2v) is 3.85. The Bertz CT molecular complexity index is 149. The highest BCUT2D eigenvalue weighted by atomic mass is 16.5. The largest absolute Gasteiger partial charge is 0.396 e. The Labute approximate surface area is 85.8 Å². The highest BCUT2D eigenvalue weighted by Gasteiger charge is 2.29. The second kappa shape index (κ2) is 6.35. The lowest BCUT2D eigenvalue weighted by Crippen LogP contribution is -2.38. The van der Waals surface area contributed by atoms with Crippen molar-refractivity contribution in [3.8, 4) is 0 Å². The number of methoxy groups -OCH3 is 2. The first-order valence-electron chi connectivity index (χ1n) is 4.86. The van der Waals surface area contributed by atoms with Gasteiger partial charge in [-0.3, -0.25) is 0 Å². The van der Waals surface area contributed by atoms with Gasteiger partial charge in [0.2, 0.25) is 0 Å².